The first-order chi connectivity index (χ1) is 22.1. The van der Waals surface area contributed by atoms with Gasteiger partial charge in [-0.05, 0) is 111 Å². The quantitative estimate of drug-likeness (QED) is 0.181. The lowest BCUT2D eigenvalue weighted by atomic mass is 9.68. The summed E-state index contributed by atoms with van der Waals surface area (Å²) in [6, 6.07) is 54.8. The van der Waals surface area contributed by atoms with Crippen LogP contribution >= 0.6 is 0 Å². The number of fused-ring (bicyclic) bond motifs is 3. The second-order valence-corrected chi connectivity index (χ2v) is 13.3. The van der Waals surface area contributed by atoms with Crippen molar-refractivity contribution in [2.24, 2.45) is 0 Å². The third-order valence-corrected chi connectivity index (χ3v) is 10.6. The van der Waals surface area contributed by atoms with Gasteiger partial charge in [0, 0.05) is 5.41 Å². The Hall–Kier alpha value is -5.46. The molecule has 0 amide bonds. The van der Waals surface area contributed by atoms with Gasteiger partial charge < -0.3 is 0 Å². The zero-order chi connectivity index (χ0) is 29.9. The Morgan fingerprint density at radius 2 is 0.956 bits per heavy atom. The van der Waals surface area contributed by atoms with Gasteiger partial charge in [-0.1, -0.05) is 147 Å². The minimum atomic E-state index is -0.0760. The minimum Gasteiger partial charge on any atom is -0.0619 e. The lowest BCUT2D eigenvalue weighted by Gasteiger charge is -2.35. The maximum absolute atomic E-state index is 2.44. The minimum absolute atomic E-state index is 0.0760. The van der Waals surface area contributed by atoms with Crippen LogP contribution in [0, 0.1) is 0 Å². The van der Waals surface area contributed by atoms with E-state index in [1.54, 1.807) is 0 Å². The highest BCUT2D eigenvalue weighted by atomic mass is 14.4. The van der Waals surface area contributed by atoms with Crippen LogP contribution in [0.5, 0.6) is 0 Å². The average Bonchev–Trinajstić information content (AvgIpc) is 3.09. The molecule has 0 heteroatoms. The number of hydrogen-bond donors (Lipinski definition) is 0. The Kier molecular flexibility index (Phi) is 4.88. The van der Waals surface area contributed by atoms with Gasteiger partial charge in [-0.2, -0.15) is 0 Å². The van der Waals surface area contributed by atoms with Crippen LogP contribution < -0.4 is 0 Å². The van der Waals surface area contributed by atoms with Crippen LogP contribution in [0.2, 0.25) is 0 Å². The van der Waals surface area contributed by atoms with Crippen LogP contribution in [0.15, 0.2) is 146 Å². The zero-order valence-corrected chi connectivity index (χ0v) is 25.4. The Bertz CT molecular complexity index is 2650. The molecule has 0 spiro atoms. The summed E-state index contributed by atoms with van der Waals surface area (Å²) < 4.78 is 0. The molecule has 0 N–H and O–H groups in total. The second kappa shape index (κ2) is 8.80. The van der Waals surface area contributed by atoms with E-state index in [4.69, 9.17) is 0 Å². The summed E-state index contributed by atoms with van der Waals surface area (Å²) >= 11 is 0. The summed E-state index contributed by atoms with van der Waals surface area (Å²) in [6.45, 7) is 4.75. The molecular weight excluding hydrogens is 540 g/mol. The molecule has 0 unspecified atom stereocenters. The number of rotatable bonds is 2. The molecule has 0 radical (unpaired) electrons. The predicted octanol–water partition coefficient (Wildman–Crippen LogP) is 12.5. The van der Waals surface area contributed by atoms with Gasteiger partial charge in [-0.3, -0.25) is 0 Å². The molecule has 0 heterocycles. The zero-order valence-electron chi connectivity index (χ0n) is 25.4. The van der Waals surface area contributed by atoms with E-state index >= 15 is 0 Å². The van der Waals surface area contributed by atoms with Crippen molar-refractivity contribution in [1.29, 1.82) is 0 Å². The number of benzene rings is 9. The highest BCUT2D eigenvalue weighted by molar-refractivity contribution is 6.26. The van der Waals surface area contributed by atoms with Crippen molar-refractivity contribution in [2.75, 3.05) is 0 Å². The molecule has 0 saturated carbocycles. The van der Waals surface area contributed by atoms with Crippen LogP contribution in [0.1, 0.15) is 25.0 Å². The highest BCUT2D eigenvalue weighted by Gasteiger charge is 2.33. The van der Waals surface area contributed by atoms with Gasteiger partial charge in [0.25, 0.3) is 0 Å². The van der Waals surface area contributed by atoms with Crippen molar-refractivity contribution in [3.05, 3.63) is 157 Å². The molecule has 1 aliphatic rings. The molecule has 0 nitrogen and oxygen atoms in total. The standard InChI is InChI=1S/C45H30/c1-45(2)40-16-6-5-13-35(40)37-15-8-14-36-34(23-24-41(45)44(36)37)39-26-31(25-30-9-3-4-12-32(30)39)33-21-19-29-18-17-27-10-7-11-28-20-22-38(33)43(29)42(27)28/h3-26H,1-2H3. The van der Waals surface area contributed by atoms with E-state index in [2.05, 4.69) is 159 Å². The highest BCUT2D eigenvalue weighted by Crippen LogP contribution is 2.51. The molecule has 1 aliphatic carbocycles. The van der Waals surface area contributed by atoms with Crippen LogP contribution in [0.25, 0.3) is 87.2 Å². The van der Waals surface area contributed by atoms with Gasteiger partial charge in [-0.25, -0.2) is 0 Å². The Balaban J connectivity index is 1.28. The fraction of sp³-hybridized carbons (Fsp3) is 0.0667. The molecule has 0 aromatic heterocycles. The molecular formula is C45H30. The SMILES string of the molecule is CC1(C)c2ccccc2-c2cccc3c(-c4cc(-c5ccc6ccc7cccc8ccc5c6c78)cc5ccccc45)ccc1c23. The largest absolute Gasteiger partial charge is 0.0619 e. The Morgan fingerprint density at radius 3 is 1.84 bits per heavy atom. The van der Waals surface area contributed by atoms with Gasteiger partial charge in [-0.15, -0.1) is 0 Å². The molecule has 0 bridgehead atoms. The Morgan fingerprint density at radius 1 is 0.333 bits per heavy atom. The van der Waals surface area contributed by atoms with E-state index in [9.17, 15) is 0 Å². The molecule has 0 atom stereocenters. The molecule has 45 heavy (non-hydrogen) atoms. The molecule has 0 saturated heterocycles. The molecule has 0 aliphatic heterocycles. The first kappa shape index (κ1) is 24.9. The average molecular weight is 571 g/mol. The van der Waals surface area contributed by atoms with Crippen molar-refractivity contribution >= 4 is 53.9 Å². The smallest absolute Gasteiger partial charge is 0.0159 e. The second-order valence-electron chi connectivity index (χ2n) is 13.3. The third kappa shape index (κ3) is 3.32. The summed E-state index contributed by atoms with van der Waals surface area (Å²) in [7, 11) is 0. The first-order valence-electron chi connectivity index (χ1n) is 15.9. The lowest BCUT2D eigenvalue weighted by molar-refractivity contribution is 0.645. The summed E-state index contributed by atoms with van der Waals surface area (Å²) in [6.07, 6.45) is 0. The molecule has 210 valence electrons. The van der Waals surface area contributed by atoms with Crippen molar-refractivity contribution in [2.45, 2.75) is 19.3 Å². The van der Waals surface area contributed by atoms with Crippen molar-refractivity contribution in [3.8, 4) is 33.4 Å². The third-order valence-electron chi connectivity index (χ3n) is 10.6. The monoisotopic (exact) mass is 570 g/mol. The van der Waals surface area contributed by atoms with Gasteiger partial charge in [0.1, 0.15) is 0 Å². The van der Waals surface area contributed by atoms with Crippen molar-refractivity contribution in [3.63, 3.8) is 0 Å². The summed E-state index contributed by atoms with van der Waals surface area (Å²) in [5.41, 5.74) is 10.5. The van der Waals surface area contributed by atoms with Crippen LogP contribution in [-0.4, -0.2) is 0 Å². The fourth-order valence-corrected chi connectivity index (χ4v) is 8.47. The van der Waals surface area contributed by atoms with Crippen LogP contribution in [0.3, 0.4) is 0 Å². The van der Waals surface area contributed by atoms with E-state index in [1.807, 2.05) is 0 Å². The van der Waals surface area contributed by atoms with Crippen molar-refractivity contribution < 1.29 is 0 Å². The maximum Gasteiger partial charge on any atom is 0.0159 e. The summed E-state index contributed by atoms with van der Waals surface area (Å²) in [5.74, 6) is 0. The molecule has 9 aromatic rings. The van der Waals surface area contributed by atoms with Crippen LogP contribution in [-0.2, 0) is 5.41 Å². The fourth-order valence-electron chi connectivity index (χ4n) is 8.47. The van der Waals surface area contributed by atoms with Crippen molar-refractivity contribution in [1.82, 2.24) is 0 Å². The van der Waals surface area contributed by atoms with Gasteiger partial charge in [0.2, 0.25) is 0 Å². The van der Waals surface area contributed by atoms with Crippen LogP contribution in [0.4, 0.5) is 0 Å². The van der Waals surface area contributed by atoms with E-state index in [0.29, 0.717) is 0 Å². The Labute approximate surface area is 262 Å². The normalized spacial score (nSPS) is 13.7. The van der Waals surface area contributed by atoms with E-state index in [1.165, 1.54) is 98.4 Å². The molecule has 10 rings (SSSR count). The first-order valence-corrected chi connectivity index (χ1v) is 15.9. The summed E-state index contributed by atoms with van der Waals surface area (Å²) in [5, 5.41) is 13.2. The van der Waals surface area contributed by atoms with E-state index in [-0.39, 0.29) is 5.41 Å². The van der Waals surface area contributed by atoms with E-state index in [0.717, 1.165) is 0 Å². The topological polar surface area (TPSA) is 0 Å². The number of hydrogen-bond acceptors (Lipinski definition) is 0. The van der Waals surface area contributed by atoms with Gasteiger partial charge in [0.15, 0.2) is 0 Å². The maximum atomic E-state index is 2.44. The molecule has 9 aromatic carbocycles. The lowest BCUT2D eigenvalue weighted by Crippen LogP contribution is -2.23. The molecule has 0 fully saturated rings. The van der Waals surface area contributed by atoms with Gasteiger partial charge >= 0.3 is 0 Å². The predicted molar refractivity (Wildman–Crippen MR) is 194 cm³/mol. The van der Waals surface area contributed by atoms with Gasteiger partial charge in [0.05, 0.1) is 0 Å². The van der Waals surface area contributed by atoms with E-state index < -0.39 is 0 Å². The summed E-state index contributed by atoms with van der Waals surface area (Å²) in [4.78, 5) is 0.